The second kappa shape index (κ2) is 7.72. The molecule has 0 spiro atoms. The number of fused-ring (bicyclic) bond motifs is 1. The van der Waals surface area contributed by atoms with Crippen molar-refractivity contribution in [3.8, 4) is 0 Å². The number of anilines is 1. The predicted molar refractivity (Wildman–Crippen MR) is 104 cm³/mol. The van der Waals surface area contributed by atoms with Crippen LogP contribution in [0, 0.1) is 0 Å². The van der Waals surface area contributed by atoms with Crippen molar-refractivity contribution in [2.24, 2.45) is 5.16 Å². The molecule has 0 saturated heterocycles. The molecule has 0 atom stereocenters. The third-order valence-electron chi connectivity index (χ3n) is 3.28. The molecule has 1 amide bonds. The fraction of sp³-hybridized carbons (Fsp3) is 0.294. The van der Waals surface area contributed by atoms with Gasteiger partial charge in [-0.15, -0.1) is 16.4 Å². The Morgan fingerprint density at radius 2 is 2.00 bits per heavy atom. The maximum atomic E-state index is 12.9. The van der Waals surface area contributed by atoms with Crippen molar-refractivity contribution < 1.29 is 19.2 Å². The van der Waals surface area contributed by atoms with E-state index >= 15 is 0 Å². The van der Waals surface area contributed by atoms with Gasteiger partial charge in [-0.25, -0.2) is 9.78 Å². The quantitative estimate of drug-likeness (QED) is 0.526. The Morgan fingerprint density at radius 3 is 2.71 bits per heavy atom. The van der Waals surface area contributed by atoms with Gasteiger partial charge < -0.3 is 9.57 Å². The SMILES string of the molecule is CO/N=C(\C(=O)n1nnc2ccccc21)c1csc(NC(=O)OC(C)(C)C)n1. The number of benzene rings is 1. The number of para-hydroxylation sites is 1. The summed E-state index contributed by atoms with van der Waals surface area (Å²) in [6.45, 7) is 5.26. The number of hydrogen-bond acceptors (Lipinski definition) is 9. The largest absolute Gasteiger partial charge is 0.444 e. The van der Waals surface area contributed by atoms with E-state index in [4.69, 9.17) is 9.57 Å². The van der Waals surface area contributed by atoms with Crippen molar-refractivity contribution in [2.75, 3.05) is 12.4 Å². The number of hydrogen-bond donors (Lipinski definition) is 1. The summed E-state index contributed by atoms with van der Waals surface area (Å²) < 4.78 is 6.30. The molecule has 0 aliphatic carbocycles. The highest BCUT2D eigenvalue weighted by atomic mass is 32.1. The maximum absolute atomic E-state index is 12.9. The van der Waals surface area contributed by atoms with Crippen molar-refractivity contribution in [3.63, 3.8) is 0 Å². The molecule has 0 radical (unpaired) electrons. The third-order valence-corrected chi connectivity index (χ3v) is 4.04. The smallest absolute Gasteiger partial charge is 0.413 e. The number of carbonyl (C=O) groups is 2. The molecule has 1 aromatic carbocycles. The van der Waals surface area contributed by atoms with Crippen LogP contribution in [0.4, 0.5) is 9.93 Å². The summed E-state index contributed by atoms with van der Waals surface area (Å²) in [6.07, 6.45) is -0.646. The molecule has 3 aromatic rings. The summed E-state index contributed by atoms with van der Waals surface area (Å²) in [5.74, 6) is -0.565. The zero-order valence-electron chi connectivity index (χ0n) is 15.7. The molecule has 0 bridgehead atoms. The summed E-state index contributed by atoms with van der Waals surface area (Å²) >= 11 is 1.12. The molecule has 2 heterocycles. The Hall–Kier alpha value is -3.34. The zero-order valence-corrected chi connectivity index (χ0v) is 16.5. The van der Waals surface area contributed by atoms with Crippen LogP contribution in [0.25, 0.3) is 11.0 Å². The van der Waals surface area contributed by atoms with Gasteiger partial charge >= 0.3 is 12.0 Å². The lowest BCUT2D eigenvalue weighted by atomic mass is 10.2. The van der Waals surface area contributed by atoms with Crippen LogP contribution >= 0.6 is 11.3 Å². The molecule has 0 fully saturated rings. The molecular weight excluding hydrogens is 384 g/mol. The van der Waals surface area contributed by atoms with Gasteiger partial charge in [-0.1, -0.05) is 22.5 Å². The third kappa shape index (κ3) is 4.31. The fourth-order valence-electron chi connectivity index (χ4n) is 2.24. The zero-order chi connectivity index (χ0) is 20.3. The van der Waals surface area contributed by atoms with Crippen LogP contribution in [0.15, 0.2) is 34.8 Å². The molecule has 3 rings (SSSR count). The Kier molecular flexibility index (Phi) is 5.36. The summed E-state index contributed by atoms with van der Waals surface area (Å²) in [7, 11) is 1.32. The first kappa shape index (κ1) is 19.4. The molecule has 0 aliphatic rings. The number of ether oxygens (including phenoxy) is 1. The molecule has 0 aliphatic heterocycles. The normalized spacial score (nSPS) is 12.1. The minimum absolute atomic E-state index is 0.0772. The van der Waals surface area contributed by atoms with Gasteiger partial charge in [-0.3, -0.25) is 10.1 Å². The highest BCUT2D eigenvalue weighted by Crippen LogP contribution is 2.19. The van der Waals surface area contributed by atoms with Gasteiger partial charge in [0.05, 0.1) is 5.52 Å². The number of rotatable bonds is 4. The Balaban J connectivity index is 1.85. The van der Waals surface area contributed by atoms with Crippen molar-refractivity contribution in [2.45, 2.75) is 26.4 Å². The van der Waals surface area contributed by atoms with Gasteiger partial charge in [0.2, 0.25) is 0 Å². The number of aromatic nitrogens is 4. The van der Waals surface area contributed by atoms with Crippen LogP contribution in [0.2, 0.25) is 0 Å². The van der Waals surface area contributed by atoms with E-state index in [0.29, 0.717) is 11.0 Å². The van der Waals surface area contributed by atoms with Crippen LogP contribution in [0.1, 0.15) is 31.3 Å². The van der Waals surface area contributed by atoms with E-state index in [-0.39, 0.29) is 16.5 Å². The molecule has 0 saturated carbocycles. The van der Waals surface area contributed by atoms with E-state index < -0.39 is 17.6 Å². The first-order chi connectivity index (χ1) is 13.3. The van der Waals surface area contributed by atoms with Crippen LogP contribution in [0.3, 0.4) is 0 Å². The predicted octanol–water partition coefficient (Wildman–Crippen LogP) is 2.93. The second-order valence-corrected chi connectivity index (χ2v) is 7.44. The van der Waals surface area contributed by atoms with Crippen molar-refractivity contribution >= 4 is 45.2 Å². The number of thiazole rings is 1. The van der Waals surface area contributed by atoms with Crippen molar-refractivity contribution in [1.82, 2.24) is 20.0 Å². The number of nitrogens with zero attached hydrogens (tertiary/aromatic N) is 5. The topological polar surface area (TPSA) is 121 Å². The van der Waals surface area contributed by atoms with E-state index in [2.05, 4.69) is 25.8 Å². The van der Waals surface area contributed by atoms with Gasteiger partial charge in [-0.05, 0) is 32.9 Å². The lowest BCUT2D eigenvalue weighted by molar-refractivity contribution is 0.0635. The monoisotopic (exact) mass is 402 g/mol. The van der Waals surface area contributed by atoms with Gasteiger partial charge in [0, 0.05) is 5.38 Å². The fourth-order valence-corrected chi connectivity index (χ4v) is 2.92. The highest BCUT2D eigenvalue weighted by Gasteiger charge is 2.24. The minimum atomic E-state index is -0.646. The molecule has 1 N–H and O–H groups in total. The van der Waals surface area contributed by atoms with E-state index in [1.54, 1.807) is 50.4 Å². The van der Waals surface area contributed by atoms with E-state index in [1.807, 2.05) is 0 Å². The first-order valence-corrected chi connectivity index (χ1v) is 9.08. The van der Waals surface area contributed by atoms with Gasteiger partial charge in [-0.2, -0.15) is 4.68 Å². The van der Waals surface area contributed by atoms with Crippen LogP contribution in [-0.2, 0) is 9.57 Å². The highest BCUT2D eigenvalue weighted by molar-refractivity contribution is 7.14. The average Bonchev–Trinajstić information content (AvgIpc) is 3.24. The molecular formula is C17H18N6O4S. The Morgan fingerprint density at radius 1 is 1.25 bits per heavy atom. The summed E-state index contributed by atoms with van der Waals surface area (Å²) in [5.41, 5.74) is 0.600. The van der Waals surface area contributed by atoms with E-state index in [9.17, 15) is 9.59 Å². The number of nitrogens with one attached hydrogen (secondary N) is 1. The average molecular weight is 402 g/mol. The van der Waals surface area contributed by atoms with Crippen molar-refractivity contribution in [1.29, 1.82) is 0 Å². The van der Waals surface area contributed by atoms with Crippen LogP contribution in [0.5, 0.6) is 0 Å². The van der Waals surface area contributed by atoms with Crippen LogP contribution in [-0.4, -0.2) is 50.4 Å². The standard InChI is InChI=1S/C17H18N6O4S/c1-17(2,3)27-16(25)19-15-18-11(9-28-15)13(21-26-4)14(24)23-12-8-6-5-7-10(12)20-22-23/h5-9H,1-4H3,(H,18,19,25)/b21-13-. The molecule has 11 heteroatoms. The molecule has 2 aromatic heterocycles. The molecule has 28 heavy (non-hydrogen) atoms. The summed E-state index contributed by atoms with van der Waals surface area (Å²) in [6, 6.07) is 7.03. The van der Waals surface area contributed by atoms with Crippen LogP contribution < -0.4 is 5.32 Å². The van der Waals surface area contributed by atoms with E-state index in [1.165, 1.54) is 7.11 Å². The first-order valence-electron chi connectivity index (χ1n) is 8.20. The van der Waals surface area contributed by atoms with Crippen molar-refractivity contribution in [3.05, 3.63) is 35.3 Å². The number of oxime groups is 1. The summed E-state index contributed by atoms with van der Waals surface area (Å²) in [4.78, 5) is 33.8. The summed E-state index contributed by atoms with van der Waals surface area (Å²) in [5, 5.41) is 16.0. The molecule has 0 unspecified atom stereocenters. The molecule has 146 valence electrons. The minimum Gasteiger partial charge on any atom is -0.444 e. The number of carbonyl (C=O) groups excluding carboxylic acids is 2. The molecule has 10 nitrogen and oxygen atoms in total. The lowest BCUT2D eigenvalue weighted by Crippen LogP contribution is -2.27. The van der Waals surface area contributed by atoms with E-state index in [0.717, 1.165) is 16.0 Å². The van der Waals surface area contributed by atoms with Gasteiger partial charge in [0.1, 0.15) is 23.9 Å². The maximum Gasteiger partial charge on any atom is 0.413 e. The second-order valence-electron chi connectivity index (χ2n) is 6.58. The lowest BCUT2D eigenvalue weighted by Gasteiger charge is -2.18. The van der Waals surface area contributed by atoms with Gasteiger partial charge in [0.25, 0.3) is 0 Å². The Labute approximate surface area is 164 Å². The van der Waals surface area contributed by atoms with Gasteiger partial charge in [0.15, 0.2) is 10.8 Å². The number of amides is 1. The Bertz CT molecular complexity index is 1050.